The zero-order valence-corrected chi connectivity index (χ0v) is 13.7. The Kier molecular flexibility index (Phi) is 5.56. The van der Waals surface area contributed by atoms with Crippen LogP contribution in [0.15, 0.2) is 23.1 Å². The van der Waals surface area contributed by atoms with E-state index in [0.29, 0.717) is 17.8 Å². The molecule has 0 aromatic heterocycles. The van der Waals surface area contributed by atoms with Crippen molar-refractivity contribution in [2.24, 2.45) is 5.92 Å². The average molecular weight is 299 g/mol. The summed E-state index contributed by atoms with van der Waals surface area (Å²) >= 11 is 0. The van der Waals surface area contributed by atoms with E-state index in [1.54, 1.807) is 25.1 Å². The molecule has 0 bridgehead atoms. The summed E-state index contributed by atoms with van der Waals surface area (Å²) in [6.07, 6.45) is 0. The standard InChI is InChI=1S/C14H25N3O2S/c1-10(2)13(9-17(4)5)16-20(18,19)14-7-6-12(15)8-11(14)3/h6-8,10,13,16H,9,15H2,1-5H3. The van der Waals surface area contributed by atoms with Gasteiger partial charge in [-0.15, -0.1) is 0 Å². The van der Waals surface area contributed by atoms with Crippen LogP contribution in [0, 0.1) is 12.8 Å². The molecule has 1 rings (SSSR count). The lowest BCUT2D eigenvalue weighted by molar-refractivity contribution is 0.314. The van der Waals surface area contributed by atoms with Gasteiger partial charge in [0.25, 0.3) is 0 Å². The summed E-state index contributed by atoms with van der Waals surface area (Å²) in [4.78, 5) is 2.26. The highest BCUT2D eigenvalue weighted by Gasteiger charge is 2.24. The van der Waals surface area contributed by atoms with E-state index in [0.717, 1.165) is 0 Å². The third-order valence-electron chi connectivity index (χ3n) is 3.16. The number of nitrogens with one attached hydrogen (secondary N) is 1. The highest BCUT2D eigenvalue weighted by atomic mass is 32.2. The normalized spacial score (nSPS) is 13.9. The van der Waals surface area contributed by atoms with Crippen LogP contribution in [0.4, 0.5) is 5.69 Å². The monoisotopic (exact) mass is 299 g/mol. The molecule has 3 N–H and O–H groups in total. The number of anilines is 1. The Bertz CT molecular complexity index is 554. The largest absolute Gasteiger partial charge is 0.399 e. The van der Waals surface area contributed by atoms with Gasteiger partial charge in [-0.3, -0.25) is 0 Å². The number of nitrogens with zero attached hydrogens (tertiary/aromatic N) is 1. The van der Waals surface area contributed by atoms with Gasteiger partial charge in [0.15, 0.2) is 0 Å². The highest BCUT2D eigenvalue weighted by Crippen LogP contribution is 2.19. The van der Waals surface area contributed by atoms with Gasteiger partial charge in [-0.1, -0.05) is 13.8 Å². The summed E-state index contributed by atoms with van der Waals surface area (Å²) in [6.45, 7) is 6.42. The lowest BCUT2D eigenvalue weighted by atomic mass is 10.1. The van der Waals surface area contributed by atoms with Gasteiger partial charge >= 0.3 is 0 Å². The van der Waals surface area contributed by atoms with E-state index in [4.69, 9.17) is 5.73 Å². The number of hydrogen-bond donors (Lipinski definition) is 2. The predicted molar refractivity (Wildman–Crippen MR) is 83.1 cm³/mol. The molecule has 1 atom stereocenters. The molecule has 1 aromatic rings. The number of likely N-dealkylation sites (N-methyl/N-ethyl adjacent to an activating group) is 1. The van der Waals surface area contributed by atoms with Gasteiger partial charge < -0.3 is 10.6 Å². The number of rotatable bonds is 6. The second-order valence-corrected chi connectivity index (χ2v) is 7.44. The van der Waals surface area contributed by atoms with Crippen LogP contribution in [0.2, 0.25) is 0 Å². The summed E-state index contributed by atoms with van der Waals surface area (Å²) < 4.78 is 27.8. The van der Waals surface area contributed by atoms with Gasteiger partial charge in [0.2, 0.25) is 10.0 Å². The van der Waals surface area contributed by atoms with E-state index >= 15 is 0 Å². The van der Waals surface area contributed by atoms with E-state index in [2.05, 4.69) is 4.72 Å². The van der Waals surface area contributed by atoms with Crippen LogP contribution < -0.4 is 10.5 Å². The first kappa shape index (κ1) is 16.9. The maximum absolute atomic E-state index is 12.5. The van der Waals surface area contributed by atoms with E-state index in [1.807, 2.05) is 32.8 Å². The Morgan fingerprint density at radius 3 is 2.35 bits per heavy atom. The molecule has 6 heteroatoms. The fourth-order valence-electron chi connectivity index (χ4n) is 2.01. The van der Waals surface area contributed by atoms with Crippen molar-refractivity contribution < 1.29 is 8.42 Å². The van der Waals surface area contributed by atoms with Crippen molar-refractivity contribution in [2.75, 3.05) is 26.4 Å². The SMILES string of the molecule is Cc1cc(N)ccc1S(=O)(=O)NC(CN(C)C)C(C)C. The third kappa shape index (κ3) is 4.47. The molecule has 0 fully saturated rings. The number of nitrogens with two attached hydrogens (primary N) is 1. The van der Waals surface area contributed by atoms with Gasteiger partial charge in [-0.05, 0) is 50.7 Å². The summed E-state index contributed by atoms with van der Waals surface area (Å²) in [5.74, 6) is 0.210. The minimum atomic E-state index is -3.53. The number of nitrogen functional groups attached to an aromatic ring is 1. The molecule has 1 unspecified atom stereocenters. The maximum Gasteiger partial charge on any atom is 0.241 e. The number of aryl methyl sites for hydroxylation is 1. The van der Waals surface area contributed by atoms with Gasteiger partial charge in [-0.25, -0.2) is 13.1 Å². The second kappa shape index (κ2) is 6.56. The van der Waals surface area contributed by atoms with Gasteiger partial charge in [0.05, 0.1) is 4.90 Å². The van der Waals surface area contributed by atoms with Crippen molar-refractivity contribution in [2.45, 2.75) is 31.7 Å². The smallest absolute Gasteiger partial charge is 0.241 e. The van der Waals surface area contributed by atoms with Crippen LogP contribution in [0.5, 0.6) is 0 Å². The van der Waals surface area contributed by atoms with E-state index in [9.17, 15) is 8.42 Å². The summed E-state index contributed by atoms with van der Waals surface area (Å²) in [6, 6.07) is 4.70. The Hall–Kier alpha value is -1.11. The third-order valence-corrected chi connectivity index (χ3v) is 4.81. The molecule has 0 aliphatic rings. The Morgan fingerprint density at radius 1 is 1.30 bits per heavy atom. The highest BCUT2D eigenvalue weighted by molar-refractivity contribution is 7.89. The van der Waals surface area contributed by atoms with E-state index in [-0.39, 0.29) is 16.9 Å². The number of benzene rings is 1. The van der Waals surface area contributed by atoms with Crippen LogP contribution >= 0.6 is 0 Å². The van der Waals surface area contributed by atoms with Crippen LogP contribution in [0.1, 0.15) is 19.4 Å². The zero-order valence-electron chi connectivity index (χ0n) is 12.8. The fraction of sp³-hybridized carbons (Fsp3) is 0.571. The Morgan fingerprint density at radius 2 is 1.90 bits per heavy atom. The fourth-order valence-corrected chi connectivity index (χ4v) is 3.62. The first-order chi connectivity index (χ1) is 9.13. The van der Waals surface area contributed by atoms with Crippen LogP contribution in [-0.2, 0) is 10.0 Å². The van der Waals surface area contributed by atoms with Gasteiger partial charge in [0.1, 0.15) is 0 Å². The molecule has 114 valence electrons. The molecule has 0 aliphatic heterocycles. The summed E-state index contributed by atoms with van der Waals surface area (Å²) in [5, 5.41) is 0. The summed E-state index contributed by atoms with van der Waals surface area (Å²) in [7, 11) is 0.328. The molecular formula is C14H25N3O2S. The van der Waals surface area contributed by atoms with Gasteiger partial charge in [-0.2, -0.15) is 0 Å². The minimum Gasteiger partial charge on any atom is -0.399 e. The van der Waals surface area contributed by atoms with E-state index in [1.165, 1.54) is 0 Å². The van der Waals surface area contributed by atoms with Crippen molar-refractivity contribution >= 4 is 15.7 Å². The summed E-state index contributed by atoms with van der Waals surface area (Å²) in [5.41, 5.74) is 6.89. The molecule has 0 saturated heterocycles. The molecule has 0 aliphatic carbocycles. The molecule has 0 saturated carbocycles. The Balaban J connectivity index is 3.03. The molecule has 0 amide bonds. The molecule has 20 heavy (non-hydrogen) atoms. The van der Waals surface area contributed by atoms with Gasteiger partial charge in [0, 0.05) is 18.3 Å². The maximum atomic E-state index is 12.5. The first-order valence-electron chi connectivity index (χ1n) is 6.66. The Labute approximate surface area is 122 Å². The zero-order chi connectivity index (χ0) is 15.5. The molecule has 0 radical (unpaired) electrons. The molecule has 1 aromatic carbocycles. The van der Waals surface area contributed by atoms with Crippen LogP contribution in [0.3, 0.4) is 0 Å². The van der Waals surface area contributed by atoms with Crippen molar-refractivity contribution in [1.29, 1.82) is 0 Å². The van der Waals surface area contributed by atoms with Crippen LogP contribution in [0.25, 0.3) is 0 Å². The van der Waals surface area contributed by atoms with E-state index < -0.39 is 10.0 Å². The molecule has 5 nitrogen and oxygen atoms in total. The number of sulfonamides is 1. The lowest BCUT2D eigenvalue weighted by Crippen LogP contribution is -2.45. The molecular weight excluding hydrogens is 274 g/mol. The van der Waals surface area contributed by atoms with Crippen molar-refractivity contribution in [3.8, 4) is 0 Å². The van der Waals surface area contributed by atoms with Crippen molar-refractivity contribution in [3.63, 3.8) is 0 Å². The first-order valence-corrected chi connectivity index (χ1v) is 8.15. The van der Waals surface area contributed by atoms with Crippen LogP contribution in [-0.4, -0.2) is 40.0 Å². The average Bonchev–Trinajstić information content (AvgIpc) is 2.26. The van der Waals surface area contributed by atoms with Crippen molar-refractivity contribution in [3.05, 3.63) is 23.8 Å². The lowest BCUT2D eigenvalue weighted by Gasteiger charge is -2.25. The van der Waals surface area contributed by atoms with Crippen molar-refractivity contribution in [1.82, 2.24) is 9.62 Å². The minimum absolute atomic E-state index is 0.132. The second-order valence-electron chi connectivity index (χ2n) is 5.76. The topological polar surface area (TPSA) is 75.4 Å². The predicted octanol–water partition coefficient (Wildman–Crippen LogP) is 1.44. The molecule has 0 heterocycles. The quantitative estimate of drug-likeness (QED) is 0.779. The molecule has 0 spiro atoms. The number of hydrogen-bond acceptors (Lipinski definition) is 4.